The first-order valence-electron chi connectivity index (χ1n) is 0. The fraction of sp³-hybridized carbons (Fsp3) is 0. The van der Waals surface area contributed by atoms with Gasteiger partial charge in [0.15, 0.2) is 0 Å². The molecule has 0 rings (SSSR count). The predicted octanol–water partition coefficient (Wildman–Crippen LogP) is -0.533. The minimum atomic E-state index is 0. The summed E-state index contributed by atoms with van der Waals surface area (Å²) in [6, 6.07) is 0. The van der Waals surface area contributed by atoms with Crippen LogP contribution in [0, 0.1) is 0 Å². The molecule has 0 unspecified atom stereocenters. The Morgan fingerprint density at radius 2 is 0.500 bits per heavy atom. The van der Waals surface area contributed by atoms with Crippen LogP contribution in [0.1, 0.15) is 0 Å². The summed E-state index contributed by atoms with van der Waals surface area (Å²) >= 11 is 0. The average molecular weight is 116 g/mol. The molecule has 26 valence electrons. The quantitative estimate of drug-likeness (QED) is 0.398. The first kappa shape index (κ1) is 218. The van der Waals surface area contributed by atoms with E-state index in [0.29, 0.717) is 0 Å². The first-order chi connectivity index (χ1) is 0. The molecule has 4 heavy (non-hydrogen) atoms. The van der Waals surface area contributed by atoms with Gasteiger partial charge in [-0.05, 0) is 0 Å². The zero-order valence-corrected chi connectivity index (χ0v) is 5.02. The molecule has 0 bridgehead atoms. The Labute approximate surface area is 36.7 Å². The van der Waals surface area contributed by atoms with Crippen LogP contribution >= 0.6 is 0 Å². The van der Waals surface area contributed by atoms with Crippen molar-refractivity contribution in [1.29, 1.82) is 0 Å². The van der Waals surface area contributed by atoms with E-state index < -0.39 is 0 Å². The minimum absolute atomic E-state index is 0. The van der Waals surface area contributed by atoms with Crippen molar-refractivity contribution in [2.75, 3.05) is 0 Å². The number of rotatable bonds is 0. The summed E-state index contributed by atoms with van der Waals surface area (Å²) in [5, 5.41) is 0. The second kappa shape index (κ2) is 86.6. The minimum Gasteiger partial charge on any atom is -0.870 e. The molecule has 0 aliphatic heterocycles. The third kappa shape index (κ3) is 22.3. The van der Waals surface area contributed by atoms with E-state index in [2.05, 4.69) is 0 Å². The molecule has 0 spiro atoms. The molecule has 0 aromatic carbocycles. The second-order valence-electron chi connectivity index (χ2n) is 0. The molecular weight excluding hydrogens is 113 g/mol. The first-order valence-corrected chi connectivity index (χ1v) is 0. The summed E-state index contributed by atoms with van der Waals surface area (Å²) in [7, 11) is 0. The molecule has 0 saturated heterocycles. The molecule has 0 saturated carbocycles. The van der Waals surface area contributed by atoms with Gasteiger partial charge in [-0.25, -0.2) is 0 Å². The van der Waals surface area contributed by atoms with Gasteiger partial charge in [-0.2, -0.15) is 0 Å². The van der Waals surface area contributed by atoms with E-state index in [0.717, 1.165) is 0 Å². The molecule has 0 amide bonds. The van der Waals surface area contributed by atoms with E-state index in [1.54, 1.807) is 0 Å². The van der Waals surface area contributed by atoms with Crippen LogP contribution in [0.3, 0.4) is 0 Å². The third-order valence-corrected chi connectivity index (χ3v) is 0. The Hall–Kier alpha value is 0.503. The summed E-state index contributed by atoms with van der Waals surface area (Å²) in [4.78, 5) is 0. The molecule has 0 aromatic heterocycles. The topological polar surface area (TPSA) is 90.0 Å². The Kier molecular flexibility index (Phi) is 4730. The van der Waals surface area contributed by atoms with Crippen LogP contribution in [0.15, 0.2) is 0 Å². The van der Waals surface area contributed by atoms with E-state index in [9.17, 15) is 0 Å². The van der Waals surface area contributed by atoms with E-state index in [1.165, 1.54) is 0 Å². The van der Waals surface area contributed by atoms with Gasteiger partial charge < -0.3 is 16.4 Å². The summed E-state index contributed by atoms with van der Waals surface area (Å²) in [5.74, 6) is 0. The largest absolute Gasteiger partial charge is 0.870 e. The van der Waals surface area contributed by atoms with Crippen molar-refractivity contribution in [2.24, 2.45) is 0 Å². The molecule has 0 atom stereocenters. The molecule has 0 aliphatic carbocycles. The van der Waals surface area contributed by atoms with E-state index >= 15 is 0 Å². The van der Waals surface area contributed by atoms with Crippen LogP contribution in [0.2, 0.25) is 0 Å². The molecule has 0 aromatic rings. The van der Waals surface area contributed by atoms with Crippen LogP contribution in [-0.4, -0.2) is 16.4 Å². The van der Waals surface area contributed by atoms with Gasteiger partial charge in [-0.1, -0.05) is 0 Å². The van der Waals surface area contributed by atoms with Gasteiger partial charge in [0.25, 0.3) is 0 Å². The molecule has 0 heterocycles. The third-order valence-electron chi connectivity index (χ3n) is 0. The fourth-order valence-corrected chi connectivity index (χ4v) is 0. The van der Waals surface area contributed by atoms with Crippen molar-refractivity contribution >= 4 is 0 Å². The SMILES string of the molecule is [OH-].[OH-].[OH-].[Zn]. The molecule has 3 N–H and O–H groups in total. The van der Waals surface area contributed by atoms with Crippen LogP contribution < -0.4 is 0 Å². The maximum atomic E-state index is 0. The Bertz CT molecular complexity index is 3.25. The predicted molar refractivity (Wildman–Crippen MR) is 5.81 cm³/mol. The van der Waals surface area contributed by atoms with Crippen molar-refractivity contribution in [3.05, 3.63) is 0 Å². The second-order valence-corrected chi connectivity index (χ2v) is 0. The van der Waals surface area contributed by atoms with Gasteiger partial charge in [-0.3, -0.25) is 0 Å². The maximum Gasteiger partial charge on any atom is 0 e. The van der Waals surface area contributed by atoms with Crippen LogP contribution in [0.5, 0.6) is 0 Å². The number of hydrogen-bond acceptors (Lipinski definition) is 3. The van der Waals surface area contributed by atoms with E-state index in [-0.39, 0.29) is 35.9 Å². The molecule has 4 heteroatoms. The van der Waals surface area contributed by atoms with Crippen molar-refractivity contribution in [3.8, 4) is 0 Å². The molecule has 0 fully saturated rings. The van der Waals surface area contributed by atoms with Crippen molar-refractivity contribution in [3.63, 3.8) is 0 Å². The van der Waals surface area contributed by atoms with Crippen LogP contribution in [0.25, 0.3) is 0 Å². The van der Waals surface area contributed by atoms with Crippen molar-refractivity contribution in [1.82, 2.24) is 0 Å². The molecule has 0 aliphatic rings. The average Bonchev–Trinajstić information content (AvgIpc) is 0. The van der Waals surface area contributed by atoms with Crippen LogP contribution in [0.4, 0.5) is 0 Å². The fourth-order valence-electron chi connectivity index (χ4n) is 0. The standard InChI is InChI=1S/3H2O.Zn/h3*1H2;/p-3. The monoisotopic (exact) mass is 115 g/mol. The Morgan fingerprint density at radius 1 is 0.500 bits per heavy atom. The van der Waals surface area contributed by atoms with Crippen molar-refractivity contribution in [2.45, 2.75) is 0 Å². The van der Waals surface area contributed by atoms with Crippen molar-refractivity contribution < 1.29 is 35.9 Å². The van der Waals surface area contributed by atoms with E-state index in [4.69, 9.17) is 0 Å². The normalized spacial score (nSPS) is 0. The van der Waals surface area contributed by atoms with Gasteiger partial charge in [0.05, 0.1) is 0 Å². The number of hydrogen-bond donors (Lipinski definition) is 0. The van der Waals surface area contributed by atoms with Gasteiger partial charge in [-0.15, -0.1) is 0 Å². The summed E-state index contributed by atoms with van der Waals surface area (Å²) in [6.45, 7) is 0. The zero-order valence-electron chi connectivity index (χ0n) is 2.05. The maximum absolute atomic E-state index is 0. The molecule has 3 nitrogen and oxygen atoms in total. The van der Waals surface area contributed by atoms with Gasteiger partial charge in [0, 0.05) is 19.5 Å². The Morgan fingerprint density at radius 3 is 0.500 bits per heavy atom. The smallest absolute Gasteiger partial charge is 0 e. The van der Waals surface area contributed by atoms with Gasteiger partial charge >= 0.3 is 0 Å². The summed E-state index contributed by atoms with van der Waals surface area (Å²) in [6.07, 6.45) is 0. The van der Waals surface area contributed by atoms with Gasteiger partial charge in [0.1, 0.15) is 0 Å². The molecular formula is H3O3Zn-3. The summed E-state index contributed by atoms with van der Waals surface area (Å²) in [5.41, 5.74) is 0. The van der Waals surface area contributed by atoms with E-state index in [1.807, 2.05) is 0 Å². The molecule has 0 radical (unpaired) electrons. The van der Waals surface area contributed by atoms with Gasteiger partial charge in [0.2, 0.25) is 0 Å². The summed E-state index contributed by atoms with van der Waals surface area (Å²) < 4.78 is 0. The Balaban J connectivity index is 0. The zero-order chi connectivity index (χ0) is 0. The van der Waals surface area contributed by atoms with Crippen LogP contribution in [-0.2, 0) is 19.5 Å².